The third-order valence-corrected chi connectivity index (χ3v) is 6.24. The summed E-state index contributed by atoms with van der Waals surface area (Å²) in [5, 5.41) is 11.7. The van der Waals surface area contributed by atoms with Crippen molar-refractivity contribution < 1.29 is 9.52 Å². The van der Waals surface area contributed by atoms with E-state index in [0.717, 1.165) is 30.0 Å². The van der Waals surface area contributed by atoms with Crippen molar-refractivity contribution in [3.63, 3.8) is 0 Å². The molecule has 0 spiro atoms. The van der Waals surface area contributed by atoms with Gasteiger partial charge in [0.2, 0.25) is 0 Å². The van der Waals surface area contributed by atoms with E-state index in [4.69, 9.17) is 4.42 Å². The van der Waals surface area contributed by atoms with Gasteiger partial charge in [-0.3, -0.25) is 4.79 Å². The minimum Gasteiger partial charge on any atom is -0.508 e. The Morgan fingerprint density at radius 3 is 2.70 bits per heavy atom. The van der Waals surface area contributed by atoms with E-state index >= 15 is 0 Å². The smallest absolute Gasteiger partial charge is 0.193 e. The van der Waals surface area contributed by atoms with Crippen molar-refractivity contribution in [2.75, 3.05) is 20.1 Å². The molecule has 0 bridgehead atoms. The number of hydrogen-bond acceptors (Lipinski definition) is 5. The van der Waals surface area contributed by atoms with Gasteiger partial charge in [-0.25, -0.2) is 0 Å². The molecule has 2 aromatic carbocycles. The van der Waals surface area contributed by atoms with Crippen LogP contribution < -0.4 is 5.43 Å². The number of likely N-dealkylation sites (tertiary alicyclic amines) is 1. The number of hydrogen-bond donors (Lipinski definition) is 1. The molecule has 5 heteroatoms. The van der Waals surface area contributed by atoms with Gasteiger partial charge >= 0.3 is 0 Å². The molecule has 2 unspecified atom stereocenters. The van der Waals surface area contributed by atoms with Gasteiger partial charge in [-0.2, -0.15) is 0 Å². The Bertz CT molecular complexity index is 1020. The number of piperidine rings is 1. The number of aromatic hydroxyl groups is 1. The van der Waals surface area contributed by atoms with Crippen LogP contribution in [0.3, 0.4) is 0 Å². The zero-order valence-corrected chi connectivity index (χ0v) is 16.3. The van der Waals surface area contributed by atoms with Gasteiger partial charge in [-0.05, 0) is 56.1 Å². The fourth-order valence-electron chi connectivity index (χ4n) is 4.00. The van der Waals surface area contributed by atoms with Crippen LogP contribution in [0.1, 0.15) is 24.8 Å². The van der Waals surface area contributed by atoms with Crippen LogP contribution >= 0.6 is 11.8 Å². The van der Waals surface area contributed by atoms with Gasteiger partial charge in [0.05, 0.1) is 5.39 Å². The molecule has 2 heterocycles. The topological polar surface area (TPSA) is 53.7 Å². The molecule has 1 fully saturated rings. The summed E-state index contributed by atoms with van der Waals surface area (Å²) in [7, 11) is 2.12. The van der Waals surface area contributed by atoms with E-state index in [2.05, 4.69) is 18.9 Å². The molecule has 1 saturated heterocycles. The molecule has 1 aliphatic rings. The second-order valence-electron chi connectivity index (χ2n) is 7.35. The van der Waals surface area contributed by atoms with Crippen LogP contribution in [0, 0.1) is 5.92 Å². The van der Waals surface area contributed by atoms with Crippen LogP contribution in [0.2, 0.25) is 0 Å². The zero-order valence-electron chi connectivity index (χ0n) is 15.5. The number of fused-ring (bicyclic) bond motifs is 1. The second kappa shape index (κ2) is 7.41. The van der Waals surface area contributed by atoms with E-state index in [1.807, 2.05) is 30.3 Å². The van der Waals surface area contributed by atoms with E-state index in [9.17, 15) is 9.90 Å². The first-order valence-electron chi connectivity index (χ1n) is 9.24. The summed E-state index contributed by atoms with van der Waals surface area (Å²) in [4.78, 5) is 16.0. The van der Waals surface area contributed by atoms with Crippen molar-refractivity contribution in [1.29, 1.82) is 0 Å². The highest BCUT2D eigenvalue weighted by Crippen LogP contribution is 2.41. The van der Waals surface area contributed by atoms with Crippen LogP contribution in [0.15, 0.2) is 67.7 Å². The molecular weight excluding hydrogens is 358 g/mol. The van der Waals surface area contributed by atoms with Gasteiger partial charge in [0.15, 0.2) is 10.5 Å². The quantitative estimate of drug-likeness (QED) is 0.712. The minimum absolute atomic E-state index is 0.0727. The Labute approximate surface area is 162 Å². The van der Waals surface area contributed by atoms with Crippen molar-refractivity contribution in [2.24, 2.45) is 5.92 Å². The highest BCUT2D eigenvalue weighted by atomic mass is 32.2. The van der Waals surface area contributed by atoms with Crippen molar-refractivity contribution in [3.05, 3.63) is 64.3 Å². The number of rotatable bonds is 3. The van der Waals surface area contributed by atoms with E-state index in [1.165, 1.54) is 11.8 Å². The lowest BCUT2D eigenvalue weighted by Gasteiger charge is -2.35. The maximum Gasteiger partial charge on any atom is 0.193 e. The van der Waals surface area contributed by atoms with Crippen LogP contribution in [-0.2, 0) is 0 Å². The van der Waals surface area contributed by atoms with Gasteiger partial charge in [-0.15, -0.1) is 0 Å². The maximum absolute atomic E-state index is 12.7. The Balaban J connectivity index is 1.83. The van der Waals surface area contributed by atoms with Gasteiger partial charge in [0, 0.05) is 23.1 Å². The standard InChI is InChI=1S/C22H23NO3S/c1-14-13-23(2)11-10-16(14)21-18(24)9-8-17-19(25)12-20(26-22(17)21)27-15-6-4-3-5-7-15/h3-9,12,14,16,24H,10-11,13H2,1-2H3. The molecule has 2 atom stereocenters. The monoisotopic (exact) mass is 381 g/mol. The molecule has 4 nitrogen and oxygen atoms in total. The number of benzene rings is 2. The first-order valence-corrected chi connectivity index (χ1v) is 10.1. The molecule has 1 aliphatic heterocycles. The SMILES string of the molecule is CC1CN(C)CCC1c1c(O)ccc2c(=O)cc(Sc3ccccc3)oc12. The highest BCUT2D eigenvalue weighted by molar-refractivity contribution is 7.99. The van der Waals surface area contributed by atoms with Crippen molar-refractivity contribution in [1.82, 2.24) is 4.90 Å². The van der Waals surface area contributed by atoms with Crippen LogP contribution in [0.4, 0.5) is 0 Å². The van der Waals surface area contributed by atoms with Crippen molar-refractivity contribution >= 4 is 22.7 Å². The van der Waals surface area contributed by atoms with E-state index in [-0.39, 0.29) is 17.1 Å². The number of phenolic OH excluding ortho intramolecular Hbond substituents is 1. The highest BCUT2D eigenvalue weighted by Gasteiger charge is 2.30. The second-order valence-corrected chi connectivity index (χ2v) is 8.43. The summed E-state index contributed by atoms with van der Waals surface area (Å²) in [6.45, 7) is 4.12. The Kier molecular flexibility index (Phi) is 4.98. The predicted octanol–water partition coefficient (Wildman–Crippen LogP) is 4.71. The third-order valence-electron chi connectivity index (χ3n) is 5.33. The average Bonchev–Trinajstić information content (AvgIpc) is 2.63. The Morgan fingerprint density at radius 2 is 1.96 bits per heavy atom. The van der Waals surface area contributed by atoms with E-state index < -0.39 is 0 Å². The predicted molar refractivity (Wildman–Crippen MR) is 109 cm³/mol. The fourth-order valence-corrected chi connectivity index (χ4v) is 4.82. The lowest BCUT2D eigenvalue weighted by Crippen LogP contribution is -2.35. The maximum atomic E-state index is 12.7. The molecule has 1 N–H and O–H groups in total. The molecule has 27 heavy (non-hydrogen) atoms. The summed E-state index contributed by atoms with van der Waals surface area (Å²) >= 11 is 1.42. The molecule has 1 aromatic heterocycles. The average molecular weight is 381 g/mol. The van der Waals surface area contributed by atoms with Gasteiger partial charge in [-0.1, -0.05) is 36.9 Å². The molecule has 0 saturated carbocycles. The first kappa shape index (κ1) is 18.1. The summed E-state index contributed by atoms with van der Waals surface area (Å²) in [6.07, 6.45) is 0.935. The normalized spacial score (nSPS) is 20.8. The molecule has 0 amide bonds. The molecule has 0 aliphatic carbocycles. The number of nitrogens with zero attached hydrogens (tertiary/aromatic N) is 1. The summed E-state index contributed by atoms with van der Waals surface area (Å²) in [5.41, 5.74) is 1.24. The van der Waals surface area contributed by atoms with Crippen molar-refractivity contribution in [3.8, 4) is 5.75 Å². The molecule has 4 rings (SSSR count). The fraction of sp³-hybridized carbons (Fsp3) is 0.318. The van der Waals surface area contributed by atoms with E-state index in [1.54, 1.807) is 18.2 Å². The summed E-state index contributed by atoms with van der Waals surface area (Å²) in [5.74, 6) is 0.759. The van der Waals surface area contributed by atoms with Gasteiger partial charge in [0.25, 0.3) is 0 Å². The first-order chi connectivity index (χ1) is 13.0. The van der Waals surface area contributed by atoms with Crippen LogP contribution in [-0.4, -0.2) is 30.1 Å². The summed E-state index contributed by atoms with van der Waals surface area (Å²) < 4.78 is 6.18. The summed E-state index contributed by atoms with van der Waals surface area (Å²) in [6, 6.07) is 14.7. The molecule has 0 radical (unpaired) electrons. The third kappa shape index (κ3) is 3.62. The Hall–Kier alpha value is -2.24. The molecule has 140 valence electrons. The van der Waals surface area contributed by atoms with E-state index in [0.29, 0.717) is 22.0 Å². The lowest BCUT2D eigenvalue weighted by atomic mass is 9.80. The van der Waals surface area contributed by atoms with Gasteiger partial charge < -0.3 is 14.4 Å². The lowest BCUT2D eigenvalue weighted by molar-refractivity contribution is 0.193. The molecule has 3 aromatic rings. The zero-order chi connectivity index (χ0) is 19.0. The largest absolute Gasteiger partial charge is 0.508 e. The molecular formula is C22H23NO3S. The Morgan fingerprint density at radius 1 is 1.19 bits per heavy atom. The van der Waals surface area contributed by atoms with Crippen LogP contribution in [0.5, 0.6) is 5.75 Å². The minimum atomic E-state index is -0.0727. The number of phenols is 1. The van der Waals surface area contributed by atoms with Gasteiger partial charge in [0.1, 0.15) is 11.3 Å². The van der Waals surface area contributed by atoms with Crippen molar-refractivity contribution in [2.45, 2.75) is 29.3 Å². The van der Waals surface area contributed by atoms with Crippen LogP contribution in [0.25, 0.3) is 11.0 Å².